The monoisotopic (exact) mass is 302 g/mol. The summed E-state index contributed by atoms with van der Waals surface area (Å²) in [5, 5.41) is 9.95. The van der Waals surface area contributed by atoms with Gasteiger partial charge in [0.15, 0.2) is 11.3 Å². The minimum absolute atomic E-state index is 0.0367. The molecule has 0 fully saturated rings. The molecule has 0 radical (unpaired) electrons. The maximum Gasteiger partial charge on any atom is 0.352 e. The lowest BCUT2D eigenvalue weighted by atomic mass is 10.2. The minimum Gasteiger partial charge on any atom is -0.320 e. The Bertz CT molecular complexity index is 945. The van der Waals surface area contributed by atoms with E-state index in [1.165, 1.54) is 25.5 Å². The Hall–Kier alpha value is -3.10. The molecule has 0 aliphatic heterocycles. The van der Waals surface area contributed by atoms with Crippen molar-refractivity contribution in [1.29, 1.82) is 0 Å². The number of aromatic nitrogens is 5. The predicted molar refractivity (Wildman–Crippen MR) is 75.1 cm³/mol. The summed E-state index contributed by atoms with van der Waals surface area (Å²) in [5.41, 5.74) is 0.131. The van der Waals surface area contributed by atoms with Gasteiger partial charge in [0.2, 0.25) is 0 Å². The van der Waals surface area contributed by atoms with Crippen LogP contribution in [0.3, 0.4) is 0 Å². The van der Waals surface area contributed by atoms with E-state index in [9.17, 15) is 14.0 Å². The molecule has 9 heteroatoms. The second kappa shape index (κ2) is 5.02. The van der Waals surface area contributed by atoms with Gasteiger partial charge in [0.05, 0.1) is 0 Å². The third-order valence-electron chi connectivity index (χ3n) is 3.23. The van der Waals surface area contributed by atoms with Crippen molar-refractivity contribution in [2.24, 2.45) is 7.05 Å². The number of halogens is 1. The number of amides is 1. The fourth-order valence-corrected chi connectivity index (χ4v) is 1.97. The SMILES string of the molecule is Cc1c(F)cccc1NC(=O)c1ncn2c(=O)n(C)nnc12. The molecule has 0 spiro atoms. The van der Waals surface area contributed by atoms with E-state index in [1.54, 1.807) is 13.0 Å². The lowest BCUT2D eigenvalue weighted by molar-refractivity contribution is 0.102. The summed E-state index contributed by atoms with van der Waals surface area (Å²) in [6, 6.07) is 4.35. The molecule has 1 aromatic carbocycles. The number of fused-ring (bicyclic) bond motifs is 1. The quantitative estimate of drug-likeness (QED) is 0.745. The number of hydrogen-bond donors (Lipinski definition) is 1. The highest BCUT2D eigenvalue weighted by Gasteiger charge is 2.18. The van der Waals surface area contributed by atoms with Gasteiger partial charge in [0, 0.05) is 18.3 Å². The van der Waals surface area contributed by atoms with Gasteiger partial charge in [0.1, 0.15) is 12.1 Å². The van der Waals surface area contributed by atoms with Crippen LogP contribution in [0.25, 0.3) is 5.65 Å². The van der Waals surface area contributed by atoms with Crippen molar-refractivity contribution >= 4 is 17.2 Å². The number of carbonyl (C=O) groups excluding carboxylic acids is 1. The zero-order valence-corrected chi connectivity index (χ0v) is 11.7. The number of nitrogens with zero attached hydrogens (tertiary/aromatic N) is 5. The van der Waals surface area contributed by atoms with Crippen LogP contribution in [0, 0.1) is 12.7 Å². The third kappa shape index (κ3) is 2.12. The van der Waals surface area contributed by atoms with Gasteiger partial charge < -0.3 is 5.32 Å². The van der Waals surface area contributed by atoms with Crippen molar-refractivity contribution in [2.75, 3.05) is 5.32 Å². The van der Waals surface area contributed by atoms with Gasteiger partial charge in [-0.15, -0.1) is 5.10 Å². The molecule has 2 aromatic heterocycles. The standard InChI is InChI=1S/C13H11FN6O2/c1-7-8(14)4-3-5-9(7)16-12(21)10-11-17-18-19(2)13(22)20(11)6-15-10/h3-6H,1-2H3,(H,16,21). The Kier molecular flexibility index (Phi) is 3.17. The number of carbonyl (C=O) groups is 1. The van der Waals surface area contributed by atoms with E-state index < -0.39 is 17.4 Å². The van der Waals surface area contributed by atoms with Gasteiger partial charge in [-0.25, -0.2) is 18.6 Å². The molecule has 0 bridgehead atoms. The zero-order chi connectivity index (χ0) is 15.9. The molecule has 0 saturated heterocycles. The van der Waals surface area contributed by atoms with Crippen LogP contribution in [0.2, 0.25) is 0 Å². The second-order valence-corrected chi connectivity index (χ2v) is 4.65. The number of aryl methyl sites for hydroxylation is 1. The molecule has 22 heavy (non-hydrogen) atoms. The van der Waals surface area contributed by atoms with E-state index in [4.69, 9.17) is 0 Å². The molecule has 1 N–H and O–H groups in total. The number of anilines is 1. The smallest absolute Gasteiger partial charge is 0.320 e. The maximum atomic E-state index is 13.5. The summed E-state index contributed by atoms with van der Waals surface area (Å²) in [5.74, 6) is -1.03. The van der Waals surface area contributed by atoms with Gasteiger partial charge in [-0.2, -0.15) is 4.68 Å². The summed E-state index contributed by atoms with van der Waals surface area (Å²) in [6.45, 7) is 1.55. The van der Waals surface area contributed by atoms with Crippen molar-refractivity contribution in [1.82, 2.24) is 24.4 Å². The second-order valence-electron chi connectivity index (χ2n) is 4.65. The first-order chi connectivity index (χ1) is 10.5. The topological polar surface area (TPSA) is 94.2 Å². The Morgan fingerprint density at radius 3 is 2.91 bits per heavy atom. The highest BCUT2D eigenvalue weighted by molar-refractivity contribution is 6.07. The third-order valence-corrected chi connectivity index (χ3v) is 3.23. The molecule has 112 valence electrons. The largest absolute Gasteiger partial charge is 0.352 e. The molecular formula is C13H11FN6O2. The van der Waals surface area contributed by atoms with Crippen LogP contribution >= 0.6 is 0 Å². The fourth-order valence-electron chi connectivity index (χ4n) is 1.97. The molecule has 0 unspecified atom stereocenters. The summed E-state index contributed by atoms with van der Waals surface area (Å²) in [7, 11) is 1.44. The highest BCUT2D eigenvalue weighted by atomic mass is 19.1. The van der Waals surface area contributed by atoms with Crippen LogP contribution in [-0.4, -0.2) is 30.3 Å². The van der Waals surface area contributed by atoms with Crippen LogP contribution < -0.4 is 11.0 Å². The summed E-state index contributed by atoms with van der Waals surface area (Å²) < 4.78 is 15.6. The number of rotatable bonds is 2. The molecule has 3 rings (SSSR count). The Balaban J connectivity index is 2.01. The van der Waals surface area contributed by atoms with Crippen LogP contribution in [0.5, 0.6) is 0 Å². The molecule has 3 aromatic rings. The van der Waals surface area contributed by atoms with E-state index in [0.29, 0.717) is 11.3 Å². The minimum atomic E-state index is -0.598. The van der Waals surface area contributed by atoms with Crippen LogP contribution in [0.15, 0.2) is 29.3 Å². The molecular weight excluding hydrogens is 291 g/mol. The average molecular weight is 302 g/mol. The van der Waals surface area contributed by atoms with E-state index in [-0.39, 0.29) is 11.3 Å². The van der Waals surface area contributed by atoms with Crippen LogP contribution in [0.1, 0.15) is 16.1 Å². The van der Waals surface area contributed by atoms with Crippen molar-refractivity contribution in [3.63, 3.8) is 0 Å². The summed E-state index contributed by atoms with van der Waals surface area (Å²) in [6.07, 6.45) is 1.19. The summed E-state index contributed by atoms with van der Waals surface area (Å²) >= 11 is 0. The normalized spacial score (nSPS) is 10.9. The maximum absolute atomic E-state index is 13.5. The van der Waals surface area contributed by atoms with Gasteiger partial charge in [-0.1, -0.05) is 11.3 Å². The van der Waals surface area contributed by atoms with Gasteiger partial charge >= 0.3 is 5.69 Å². The van der Waals surface area contributed by atoms with Crippen molar-refractivity contribution < 1.29 is 9.18 Å². The average Bonchev–Trinajstić information content (AvgIpc) is 2.92. The first kappa shape index (κ1) is 13.9. The van der Waals surface area contributed by atoms with Crippen molar-refractivity contribution in [3.05, 3.63) is 52.1 Å². The predicted octanol–water partition coefficient (Wildman–Crippen LogP) is 0.523. The van der Waals surface area contributed by atoms with E-state index in [0.717, 1.165) is 9.08 Å². The first-order valence-corrected chi connectivity index (χ1v) is 6.32. The van der Waals surface area contributed by atoms with Gasteiger partial charge in [-0.3, -0.25) is 4.79 Å². The van der Waals surface area contributed by atoms with Gasteiger partial charge in [0.25, 0.3) is 5.91 Å². The fraction of sp³-hybridized carbons (Fsp3) is 0.154. The molecule has 0 aliphatic carbocycles. The lowest BCUT2D eigenvalue weighted by Gasteiger charge is -2.07. The number of hydrogen-bond acceptors (Lipinski definition) is 5. The number of imidazole rings is 1. The Morgan fingerprint density at radius 1 is 1.36 bits per heavy atom. The Labute approximate surface area is 123 Å². The van der Waals surface area contributed by atoms with Crippen LogP contribution in [0.4, 0.5) is 10.1 Å². The zero-order valence-electron chi connectivity index (χ0n) is 11.7. The molecule has 2 heterocycles. The molecule has 1 amide bonds. The number of nitrogens with one attached hydrogen (secondary N) is 1. The number of benzene rings is 1. The molecule has 0 aliphatic rings. The summed E-state index contributed by atoms with van der Waals surface area (Å²) in [4.78, 5) is 28.0. The van der Waals surface area contributed by atoms with E-state index >= 15 is 0 Å². The lowest BCUT2D eigenvalue weighted by Crippen LogP contribution is -2.27. The van der Waals surface area contributed by atoms with E-state index in [1.807, 2.05) is 0 Å². The molecule has 8 nitrogen and oxygen atoms in total. The van der Waals surface area contributed by atoms with Gasteiger partial charge in [-0.05, 0) is 19.1 Å². The highest BCUT2D eigenvalue weighted by Crippen LogP contribution is 2.18. The van der Waals surface area contributed by atoms with Crippen LogP contribution in [-0.2, 0) is 7.05 Å². The van der Waals surface area contributed by atoms with Crippen molar-refractivity contribution in [3.8, 4) is 0 Å². The molecule has 0 atom stereocenters. The van der Waals surface area contributed by atoms with Crippen molar-refractivity contribution in [2.45, 2.75) is 6.92 Å². The first-order valence-electron chi connectivity index (χ1n) is 6.32. The molecule has 0 saturated carbocycles. The Morgan fingerprint density at radius 2 is 2.14 bits per heavy atom. The van der Waals surface area contributed by atoms with E-state index in [2.05, 4.69) is 20.6 Å².